The topological polar surface area (TPSA) is 65.9 Å². The van der Waals surface area contributed by atoms with E-state index in [0.29, 0.717) is 16.7 Å². The monoisotopic (exact) mass is 304 g/mol. The molecule has 0 saturated heterocycles. The minimum atomic E-state index is -0.174. The number of aromatic amines is 1. The van der Waals surface area contributed by atoms with Crippen LogP contribution in [0.25, 0.3) is 21.9 Å². The van der Waals surface area contributed by atoms with Crippen LogP contribution in [0, 0.1) is 11.3 Å². The van der Waals surface area contributed by atoms with Crippen molar-refractivity contribution in [3.8, 4) is 22.9 Å². The third-order valence-corrected chi connectivity index (χ3v) is 3.58. The van der Waals surface area contributed by atoms with Gasteiger partial charge in [-0.05, 0) is 43.5 Å². The maximum absolute atomic E-state index is 12.2. The fraction of sp³-hybridized carbons (Fsp3) is 0.158. The Morgan fingerprint density at radius 2 is 1.87 bits per heavy atom. The van der Waals surface area contributed by atoms with E-state index in [4.69, 9.17) is 4.74 Å². The highest BCUT2D eigenvalue weighted by Crippen LogP contribution is 2.30. The van der Waals surface area contributed by atoms with Gasteiger partial charge < -0.3 is 9.72 Å². The molecule has 3 rings (SSSR count). The molecule has 0 spiro atoms. The van der Waals surface area contributed by atoms with Crippen molar-refractivity contribution in [2.24, 2.45) is 0 Å². The molecule has 0 aliphatic heterocycles. The van der Waals surface area contributed by atoms with Crippen molar-refractivity contribution in [3.63, 3.8) is 0 Å². The summed E-state index contributed by atoms with van der Waals surface area (Å²) in [4.78, 5) is 14.9. The Hall–Kier alpha value is -3.06. The molecule has 114 valence electrons. The highest BCUT2D eigenvalue weighted by Gasteiger charge is 2.11. The van der Waals surface area contributed by atoms with E-state index in [0.717, 1.165) is 16.5 Å². The Labute approximate surface area is 134 Å². The quantitative estimate of drug-likeness (QED) is 0.799. The van der Waals surface area contributed by atoms with E-state index in [1.165, 1.54) is 0 Å². The first-order valence-corrected chi connectivity index (χ1v) is 7.41. The van der Waals surface area contributed by atoms with Crippen LogP contribution in [0.3, 0.4) is 0 Å². The zero-order chi connectivity index (χ0) is 16.4. The van der Waals surface area contributed by atoms with Crippen LogP contribution in [0.15, 0.2) is 53.5 Å². The summed E-state index contributed by atoms with van der Waals surface area (Å²) in [5.74, 6) is 0.656. The fourth-order valence-electron chi connectivity index (χ4n) is 2.62. The lowest BCUT2D eigenvalue weighted by Gasteiger charge is -2.12. The predicted molar refractivity (Wildman–Crippen MR) is 90.5 cm³/mol. The molecule has 2 aromatic carbocycles. The summed E-state index contributed by atoms with van der Waals surface area (Å²) < 4.78 is 5.66. The smallest absolute Gasteiger partial charge is 0.255 e. The van der Waals surface area contributed by atoms with Gasteiger partial charge in [0, 0.05) is 17.3 Å². The maximum Gasteiger partial charge on any atom is 0.255 e. The van der Waals surface area contributed by atoms with E-state index in [2.05, 4.69) is 11.1 Å². The number of hydrogen-bond donors (Lipinski definition) is 1. The van der Waals surface area contributed by atoms with Crippen molar-refractivity contribution in [1.29, 1.82) is 5.26 Å². The number of benzene rings is 2. The molecule has 0 saturated carbocycles. The van der Waals surface area contributed by atoms with Crippen LogP contribution in [0.2, 0.25) is 0 Å². The lowest BCUT2D eigenvalue weighted by molar-refractivity contribution is 0.243. The van der Waals surface area contributed by atoms with E-state index >= 15 is 0 Å². The molecule has 0 fully saturated rings. The molecule has 4 heteroatoms. The molecular weight excluding hydrogens is 288 g/mol. The first kappa shape index (κ1) is 14.9. The number of nitrogens with one attached hydrogen (secondary N) is 1. The van der Waals surface area contributed by atoms with E-state index in [1.54, 1.807) is 18.3 Å². The Morgan fingerprint density at radius 3 is 2.61 bits per heavy atom. The van der Waals surface area contributed by atoms with Crippen LogP contribution >= 0.6 is 0 Å². The molecule has 1 N–H and O–H groups in total. The van der Waals surface area contributed by atoms with Gasteiger partial charge in [-0.25, -0.2) is 0 Å². The molecule has 4 nitrogen and oxygen atoms in total. The number of H-pyrrole nitrogens is 1. The Kier molecular flexibility index (Phi) is 3.86. The summed E-state index contributed by atoms with van der Waals surface area (Å²) in [6.45, 7) is 3.88. The molecule has 0 amide bonds. The van der Waals surface area contributed by atoms with Crippen LogP contribution in [-0.2, 0) is 0 Å². The van der Waals surface area contributed by atoms with E-state index in [-0.39, 0.29) is 11.7 Å². The lowest BCUT2D eigenvalue weighted by atomic mass is 9.97. The summed E-state index contributed by atoms with van der Waals surface area (Å²) >= 11 is 0. The van der Waals surface area contributed by atoms with Crippen molar-refractivity contribution >= 4 is 10.8 Å². The molecule has 0 aliphatic rings. The van der Waals surface area contributed by atoms with Crippen molar-refractivity contribution in [1.82, 2.24) is 4.98 Å². The zero-order valence-corrected chi connectivity index (χ0v) is 13.0. The Bertz CT molecular complexity index is 965. The van der Waals surface area contributed by atoms with Gasteiger partial charge in [0.05, 0.1) is 23.1 Å². The van der Waals surface area contributed by atoms with Gasteiger partial charge in [-0.2, -0.15) is 5.26 Å². The number of pyridine rings is 1. The second kappa shape index (κ2) is 5.98. The Morgan fingerprint density at radius 1 is 1.09 bits per heavy atom. The van der Waals surface area contributed by atoms with Crippen LogP contribution in [0.4, 0.5) is 0 Å². The minimum absolute atomic E-state index is 0.0361. The SMILES string of the molecule is CC(C)Oc1ccc2c(-c3ccccc3C#N)c[nH]c(=O)c2c1. The molecular formula is C19H16N2O2. The number of nitrogens with zero attached hydrogens (tertiary/aromatic N) is 1. The zero-order valence-electron chi connectivity index (χ0n) is 13.0. The molecule has 3 aromatic rings. The highest BCUT2D eigenvalue weighted by atomic mass is 16.5. The molecule has 0 aliphatic carbocycles. The molecule has 1 heterocycles. The van der Waals surface area contributed by atoms with Gasteiger partial charge in [-0.1, -0.05) is 18.2 Å². The van der Waals surface area contributed by atoms with Crippen molar-refractivity contribution in [2.45, 2.75) is 20.0 Å². The number of ether oxygens (including phenoxy) is 1. The average Bonchev–Trinajstić information content (AvgIpc) is 2.55. The number of nitriles is 1. The third-order valence-electron chi connectivity index (χ3n) is 3.58. The molecule has 23 heavy (non-hydrogen) atoms. The minimum Gasteiger partial charge on any atom is -0.491 e. The average molecular weight is 304 g/mol. The van der Waals surface area contributed by atoms with E-state index in [1.807, 2.05) is 44.2 Å². The van der Waals surface area contributed by atoms with Crippen LogP contribution in [-0.4, -0.2) is 11.1 Å². The van der Waals surface area contributed by atoms with Crippen LogP contribution < -0.4 is 10.3 Å². The van der Waals surface area contributed by atoms with Crippen molar-refractivity contribution in [3.05, 3.63) is 64.6 Å². The van der Waals surface area contributed by atoms with E-state index < -0.39 is 0 Å². The second-order valence-corrected chi connectivity index (χ2v) is 5.56. The number of rotatable bonds is 3. The normalized spacial score (nSPS) is 10.7. The van der Waals surface area contributed by atoms with Crippen LogP contribution in [0.5, 0.6) is 5.75 Å². The summed E-state index contributed by atoms with van der Waals surface area (Å²) in [6, 6.07) is 15.0. The van der Waals surface area contributed by atoms with E-state index in [9.17, 15) is 10.1 Å². The van der Waals surface area contributed by atoms with Gasteiger partial charge in [0.1, 0.15) is 5.75 Å². The summed E-state index contributed by atoms with van der Waals surface area (Å²) in [7, 11) is 0. The molecule has 0 unspecified atom stereocenters. The molecule has 0 radical (unpaired) electrons. The van der Waals surface area contributed by atoms with Gasteiger partial charge in [0.15, 0.2) is 0 Å². The van der Waals surface area contributed by atoms with Crippen molar-refractivity contribution < 1.29 is 4.74 Å². The summed E-state index contributed by atoms with van der Waals surface area (Å²) in [6.07, 6.45) is 1.69. The number of fused-ring (bicyclic) bond motifs is 1. The highest BCUT2D eigenvalue weighted by molar-refractivity contribution is 5.97. The summed E-state index contributed by atoms with van der Waals surface area (Å²) in [5.41, 5.74) is 2.03. The van der Waals surface area contributed by atoms with Gasteiger partial charge in [0.2, 0.25) is 0 Å². The molecule has 1 aromatic heterocycles. The first-order valence-electron chi connectivity index (χ1n) is 7.41. The van der Waals surface area contributed by atoms with Gasteiger partial charge in [-0.3, -0.25) is 4.79 Å². The number of aromatic nitrogens is 1. The molecule has 0 atom stereocenters. The number of hydrogen-bond acceptors (Lipinski definition) is 3. The fourth-order valence-corrected chi connectivity index (χ4v) is 2.62. The largest absolute Gasteiger partial charge is 0.491 e. The second-order valence-electron chi connectivity index (χ2n) is 5.56. The predicted octanol–water partition coefficient (Wildman–Crippen LogP) is 3.85. The first-order chi connectivity index (χ1) is 11.1. The Balaban J connectivity index is 2.26. The standard InChI is InChI=1S/C19H16N2O2/c1-12(2)23-14-7-8-16-17(9-14)19(22)21-11-18(16)15-6-4-3-5-13(15)10-20/h3-9,11-12H,1-2H3,(H,21,22). The van der Waals surface area contributed by atoms with Crippen LogP contribution in [0.1, 0.15) is 19.4 Å². The molecule has 0 bridgehead atoms. The lowest BCUT2D eigenvalue weighted by Crippen LogP contribution is -2.09. The maximum atomic E-state index is 12.2. The van der Waals surface area contributed by atoms with Gasteiger partial charge in [0.25, 0.3) is 5.56 Å². The van der Waals surface area contributed by atoms with Gasteiger partial charge in [-0.15, -0.1) is 0 Å². The van der Waals surface area contributed by atoms with Gasteiger partial charge >= 0.3 is 0 Å². The summed E-state index contributed by atoms with van der Waals surface area (Å²) in [5, 5.41) is 10.7. The van der Waals surface area contributed by atoms with Crippen molar-refractivity contribution in [2.75, 3.05) is 0 Å². The third kappa shape index (κ3) is 2.82.